The lowest BCUT2D eigenvalue weighted by atomic mass is 10.1. The smallest absolute Gasteiger partial charge is 0.257 e. The van der Waals surface area contributed by atoms with E-state index in [-0.39, 0.29) is 17.6 Å². The first kappa shape index (κ1) is 13.0. The number of carbonyl (C=O) groups excluding carboxylic acids is 1. The van der Waals surface area contributed by atoms with E-state index >= 15 is 0 Å². The summed E-state index contributed by atoms with van der Waals surface area (Å²) in [5.74, 6) is -0.155. The number of nitrogens with two attached hydrogens (primary N) is 1. The molecule has 1 rings (SSSR count). The Balaban J connectivity index is 2.88. The van der Waals surface area contributed by atoms with Crippen molar-refractivity contribution < 1.29 is 4.79 Å². The number of carbonyl (C=O) groups is 1. The van der Waals surface area contributed by atoms with E-state index in [0.29, 0.717) is 18.7 Å². The molecule has 1 heterocycles. The molecule has 0 saturated heterocycles. The fraction of sp³-hybridized carbons (Fsp3) is 0.417. The van der Waals surface area contributed by atoms with Crippen LogP contribution in [0, 0.1) is 17.2 Å². The van der Waals surface area contributed by atoms with Gasteiger partial charge in [-0.2, -0.15) is 5.26 Å². The van der Waals surface area contributed by atoms with Crippen LogP contribution in [0.15, 0.2) is 18.3 Å². The molecule has 0 spiro atoms. The first-order chi connectivity index (χ1) is 8.10. The van der Waals surface area contributed by atoms with E-state index in [1.807, 2.05) is 6.92 Å². The third-order valence-electron chi connectivity index (χ3n) is 2.45. The van der Waals surface area contributed by atoms with Crippen LogP contribution in [0.1, 0.15) is 24.2 Å². The van der Waals surface area contributed by atoms with Crippen LogP contribution in [-0.2, 0) is 0 Å². The second kappa shape index (κ2) is 5.85. The van der Waals surface area contributed by atoms with Crippen molar-refractivity contribution in [3.63, 3.8) is 0 Å². The van der Waals surface area contributed by atoms with E-state index in [1.165, 1.54) is 0 Å². The number of amides is 1. The van der Waals surface area contributed by atoms with Gasteiger partial charge in [0.2, 0.25) is 0 Å². The molecular formula is C12H16N4O. The number of rotatable bonds is 4. The quantitative estimate of drug-likeness (QED) is 0.847. The number of hydrogen-bond donors (Lipinski definition) is 1. The number of aromatic nitrogens is 1. The van der Waals surface area contributed by atoms with Gasteiger partial charge in [-0.1, -0.05) is 0 Å². The molecule has 90 valence electrons. The van der Waals surface area contributed by atoms with Crippen molar-refractivity contribution in [2.24, 2.45) is 5.92 Å². The van der Waals surface area contributed by atoms with Gasteiger partial charge in [0.15, 0.2) is 0 Å². The molecule has 5 heteroatoms. The van der Waals surface area contributed by atoms with Crippen LogP contribution in [0.2, 0.25) is 0 Å². The van der Waals surface area contributed by atoms with Gasteiger partial charge >= 0.3 is 0 Å². The predicted octanol–water partition coefficient (Wildman–Crippen LogP) is 1.29. The lowest BCUT2D eigenvalue weighted by molar-refractivity contribution is 0.0753. The molecular weight excluding hydrogens is 216 g/mol. The van der Waals surface area contributed by atoms with E-state index in [0.717, 1.165) is 0 Å². The van der Waals surface area contributed by atoms with Crippen LogP contribution in [0.25, 0.3) is 0 Å². The Hall–Kier alpha value is -2.09. The molecule has 1 amide bonds. The molecule has 1 unspecified atom stereocenters. The molecule has 0 aliphatic heterocycles. The third kappa shape index (κ3) is 3.18. The average Bonchev–Trinajstić information content (AvgIpc) is 2.35. The summed E-state index contributed by atoms with van der Waals surface area (Å²) in [7, 11) is 0. The summed E-state index contributed by atoms with van der Waals surface area (Å²) in [6.07, 6.45) is 1.54. The fourth-order valence-electron chi connectivity index (χ4n) is 1.50. The van der Waals surface area contributed by atoms with Crippen molar-refractivity contribution >= 4 is 11.7 Å². The van der Waals surface area contributed by atoms with E-state index < -0.39 is 0 Å². The minimum atomic E-state index is -0.197. The van der Waals surface area contributed by atoms with Crippen molar-refractivity contribution in [2.45, 2.75) is 13.8 Å². The van der Waals surface area contributed by atoms with Gasteiger partial charge < -0.3 is 10.6 Å². The van der Waals surface area contributed by atoms with Crippen molar-refractivity contribution in [1.29, 1.82) is 5.26 Å². The second-order valence-electron chi connectivity index (χ2n) is 3.81. The minimum Gasteiger partial charge on any atom is -0.383 e. The van der Waals surface area contributed by atoms with Crippen LogP contribution < -0.4 is 5.73 Å². The maximum Gasteiger partial charge on any atom is 0.257 e. The van der Waals surface area contributed by atoms with E-state index in [2.05, 4.69) is 11.1 Å². The summed E-state index contributed by atoms with van der Waals surface area (Å²) in [5.41, 5.74) is 6.04. The predicted molar refractivity (Wildman–Crippen MR) is 65.0 cm³/mol. The first-order valence-electron chi connectivity index (χ1n) is 5.49. The SMILES string of the molecule is CCN(CC(C)C#N)C(=O)c1cccnc1N. The highest BCUT2D eigenvalue weighted by molar-refractivity contribution is 5.98. The van der Waals surface area contributed by atoms with Gasteiger partial charge in [0.1, 0.15) is 5.82 Å². The monoisotopic (exact) mass is 232 g/mol. The van der Waals surface area contributed by atoms with Crippen LogP contribution in [-0.4, -0.2) is 28.9 Å². The van der Waals surface area contributed by atoms with Gasteiger partial charge in [-0.15, -0.1) is 0 Å². The third-order valence-corrected chi connectivity index (χ3v) is 2.45. The molecule has 2 N–H and O–H groups in total. The summed E-state index contributed by atoms with van der Waals surface area (Å²) in [4.78, 5) is 17.6. The molecule has 0 radical (unpaired) electrons. The largest absolute Gasteiger partial charge is 0.383 e. The number of nitrogen functional groups attached to an aromatic ring is 1. The minimum absolute atomic E-state index is 0.180. The van der Waals surface area contributed by atoms with Gasteiger partial charge in [-0.3, -0.25) is 4.79 Å². The maximum atomic E-state index is 12.1. The highest BCUT2D eigenvalue weighted by atomic mass is 16.2. The van der Waals surface area contributed by atoms with Crippen LogP contribution in [0.5, 0.6) is 0 Å². The van der Waals surface area contributed by atoms with Crippen molar-refractivity contribution in [3.8, 4) is 6.07 Å². The highest BCUT2D eigenvalue weighted by Crippen LogP contribution is 2.12. The fourth-order valence-corrected chi connectivity index (χ4v) is 1.50. The highest BCUT2D eigenvalue weighted by Gasteiger charge is 2.18. The Kier molecular flexibility index (Phi) is 4.46. The van der Waals surface area contributed by atoms with Gasteiger partial charge in [0.05, 0.1) is 17.6 Å². The lowest BCUT2D eigenvalue weighted by Gasteiger charge is -2.22. The summed E-state index contributed by atoms with van der Waals surface area (Å²) in [5, 5.41) is 8.76. The molecule has 0 bridgehead atoms. The van der Waals surface area contributed by atoms with Crippen molar-refractivity contribution in [1.82, 2.24) is 9.88 Å². The number of nitrogens with zero attached hydrogens (tertiary/aromatic N) is 3. The zero-order valence-electron chi connectivity index (χ0n) is 10.1. The Morgan fingerprint density at radius 2 is 2.41 bits per heavy atom. The molecule has 17 heavy (non-hydrogen) atoms. The standard InChI is InChI=1S/C12H16N4O/c1-3-16(8-9(2)7-13)12(17)10-5-4-6-15-11(10)14/h4-6,9H,3,8H2,1-2H3,(H2,14,15). The van der Waals surface area contributed by atoms with E-state index in [1.54, 1.807) is 30.2 Å². The number of pyridine rings is 1. The molecule has 1 aromatic rings. The topological polar surface area (TPSA) is 83.0 Å². The Morgan fingerprint density at radius 1 is 1.71 bits per heavy atom. The summed E-state index contributed by atoms with van der Waals surface area (Å²) in [6.45, 7) is 4.59. The maximum absolute atomic E-state index is 12.1. The molecule has 1 aromatic heterocycles. The van der Waals surface area contributed by atoms with E-state index in [9.17, 15) is 4.79 Å². The molecule has 0 saturated carbocycles. The molecule has 5 nitrogen and oxygen atoms in total. The van der Waals surface area contributed by atoms with Crippen molar-refractivity contribution in [3.05, 3.63) is 23.9 Å². The van der Waals surface area contributed by atoms with Crippen LogP contribution >= 0.6 is 0 Å². The second-order valence-corrected chi connectivity index (χ2v) is 3.81. The molecule has 0 aliphatic rings. The molecule has 0 aromatic carbocycles. The zero-order valence-corrected chi connectivity index (χ0v) is 10.1. The van der Waals surface area contributed by atoms with Crippen LogP contribution in [0.3, 0.4) is 0 Å². The Labute approximate surface area is 101 Å². The van der Waals surface area contributed by atoms with Gasteiger partial charge in [-0.05, 0) is 26.0 Å². The first-order valence-corrected chi connectivity index (χ1v) is 5.49. The molecule has 0 fully saturated rings. The summed E-state index contributed by atoms with van der Waals surface area (Å²) in [6, 6.07) is 5.42. The summed E-state index contributed by atoms with van der Waals surface area (Å²) >= 11 is 0. The van der Waals surface area contributed by atoms with E-state index in [4.69, 9.17) is 11.0 Å². The van der Waals surface area contributed by atoms with Gasteiger partial charge in [-0.25, -0.2) is 4.98 Å². The number of nitriles is 1. The molecule has 0 aliphatic carbocycles. The van der Waals surface area contributed by atoms with Crippen LogP contribution in [0.4, 0.5) is 5.82 Å². The lowest BCUT2D eigenvalue weighted by Crippen LogP contribution is -2.34. The Bertz CT molecular complexity index is 438. The Morgan fingerprint density at radius 3 is 2.94 bits per heavy atom. The number of hydrogen-bond acceptors (Lipinski definition) is 4. The summed E-state index contributed by atoms with van der Waals surface area (Å²) < 4.78 is 0. The normalized spacial score (nSPS) is 11.6. The average molecular weight is 232 g/mol. The number of anilines is 1. The van der Waals surface area contributed by atoms with Crippen molar-refractivity contribution in [2.75, 3.05) is 18.8 Å². The van der Waals surface area contributed by atoms with Gasteiger partial charge in [0, 0.05) is 19.3 Å². The zero-order chi connectivity index (χ0) is 12.8. The van der Waals surface area contributed by atoms with Gasteiger partial charge in [0.25, 0.3) is 5.91 Å². The molecule has 1 atom stereocenters.